The Morgan fingerprint density at radius 3 is 2.70 bits per heavy atom. The molecule has 0 aliphatic carbocycles. The van der Waals surface area contributed by atoms with Gasteiger partial charge >= 0.3 is 0 Å². The first-order valence-electron chi connectivity index (χ1n) is 6.66. The number of nitrogens with one attached hydrogen (secondary N) is 1. The lowest BCUT2D eigenvalue weighted by Gasteiger charge is -2.33. The molecule has 0 bridgehead atoms. The summed E-state index contributed by atoms with van der Waals surface area (Å²) < 4.78 is 0. The first kappa shape index (κ1) is 15.6. The van der Waals surface area contributed by atoms with Crippen molar-refractivity contribution >= 4 is 34.8 Å². The van der Waals surface area contributed by atoms with E-state index in [0.717, 1.165) is 13.1 Å². The summed E-state index contributed by atoms with van der Waals surface area (Å²) in [7, 11) is 0. The number of hydrogen-bond acceptors (Lipinski definition) is 3. The number of aliphatic hydroxyl groups is 1. The summed E-state index contributed by atoms with van der Waals surface area (Å²) in [6.45, 7) is 3.30. The molecule has 1 amide bonds. The number of anilines is 1. The third-order valence-corrected chi connectivity index (χ3v) is 4.45. The maximum absolute atomic E-state index is 12.2. The molecular weight excluding hydrogens is 299 g/mol. The number of nitrogens with zero attached hydrogens (tertiary/aromatic N) is 1. The highest BCUT2D eigenvalue weighted by Gasteiger charge is 2.26. The standard InChI is InChI=1S/C14H18Cl2N2O2/c1-9(18-7-5-10(19)6-8-18)14(20)17-12-4-2-3-11(15)13(12)16/h2-4,9-10,19H,5-8H2,1H3,(H,17,20)/t9-/m1/s1. The molecule has 2 rings (SSSR count). The van der Waals surface area contributed by atoms with Crippen LogP contribution in [-0.2, 0) is 4.79 Å². The highest BCUT2D eigenvalue weighted by molar-refractivity contribution is 6.44. The summed E-state index contributed by atoms with van der Waals surface area (Å²) in [5.74, 6) is -0.120. The van der Waals surface area contributed by atoms with Crippen LogP contribution in [0.15, 0.2) is 18.2 Å². The third-order valence-electron chi connectivity index (χ3n) is 3.64. The van der Waals surface area contributed by atoms with Crippen molar-refractivity contribution in [3.63, 3.8) is 0 Å². The second kappa shape index (κ2) is 6.76. The Morgan fingerprint density at radius 1 is 1.40 bits per heavy atom. The molecule has 1 aliphatic heterocycles. The first-order valence-corrected chi connectivity index (χ1v) is 7.41. The average molecular weight is 317 g/mol. The maximum atomic E-state index is 12.2. The van der Waals surface area contributed by atoms with Crippen molar-refractivity contribution in [1.29, 1.82) is 0 Å². The zero-order valence-electron chi connectivity index (χ0n) is 11.3. The number of rotatable bonds is 3. The fourth-order valence-electron chi connectivity index (χ4n) is 2.28. The minimum Gasteiger partial charge on any atom is -0.393 e. The van der Waals surface area contributed by atoms with Crippen LogP contribution >= 0.6 is 23.2 Å². The molecule has 6 heteroatoms. The molecule has 1 heterocycles. The van der Waals surface area contributed by atoms with Crippen LogP contribution in [0.5, 0.6) is 0 Å². The van der Waals surface area contributed by atoms with Crippen LogP contribution in [0.2, 0.25) is 10.0 Å². The smallest absolute Gasteiger partial charge is 0.241 e. The second-order valence-corrected chi connectivity index (χ2v) is 5.82. The van der Waals surface area contributed by atoms with Crippen molar-refractivity contribution in [2.45, 2.75) is 31.9 Å². The summed E-state index contributed by atoms with van der Waals surface area (Å²) >= 11 is 12.0. The molecule has 4 nitrogen and oxygen atoms in total. The van der Waals surface area contributed by atoms with Gasteiger partial charge in [0.1, 0.15) is 0 Å². The van der Waals surface area contributed by atoms with Gasteiger partial charge in [0.2, 0.25) is 5.91 Å². The number of carbonyl (C=O) groups excluding carboxylic acids is 1. The number of piperidine rings is 1. The molecule has 20 heavy (non-hydrogen) atoms. The van der Waals surface area contributed by atoms with Crippen LogP contribution in [0.3, 0.4) is 0 Å². The van der Waals surface area contributed by atoms with Gasteiger partial charge in [0.25, 0.3) is 0 Å². The van der Waals surface area contributed by atoms with E-state index in [4.69, 9.17) is 23.2 Å². The monoisotopic (exact) mass is 316 g/mol. The van der Waals surface area contributed by atoms with E-state index >= 15 is 0 Å². The van der Waals surface area contributed by atoms with Gasteiger partial charge in [-0.3, -0.25) is 9.69 Å². The molecule has 1 aromatic carbocycles. The predicted octanol–water partition coefficient (Wildman–Crippen LogP) is 2.78. The van der Waals surface area contributed by atoms with E-state index in [2.05, 4.69) is 10.2 Å². The van der Waals surface area contributed by atoms with Crippen molar-refractivity contribution in [3.8, 4) is 0 Å². The molecule has 0 radical (unpaired) electrons. The molecule has 1 aromatic rings. The lowest BCUT2D eigenvalue weighted by Crippen LogP contribution is -2.47. The zero-order valence-corrected chi connectivity index (χ0v) is 12.8. The average Bonchev–Trinajstić information content (AvgIpc) is 2.44. The first-order chi connectivity index (χ1) is 9.49. The molecule has 1 atom stereocenters. The van der Waals surface area contributed by atoms with E-state index in [-0.39, 0.29) is 18.1 Å². The van der Waals surface area contributed by atoms with E-state index in [1.165, 1.54) is 0 Å². The highest BCUT2D eigenvalue weighted by Crippen LogP contribution is 2.29. The number of benzene rings is 1. The maximum Gasteiger partial charge on any atom is 0.241 e. The summed E-state index contributed by atoms with van der Waals surface area (Å²) in [4.78, 5) is 14.3. The lowest BCUT2D eigenvalue weighted by molar-refractivity contribution is -0.121. The number of halogens is 2. The molecule has 1 saturated heterocycles. The number of hydrogen-bond donors (Lipinski definition) is 2. The van der Waals surface area contributed by atoms with Crippen LogP contribution in [0.25, 0.3) is 0 Å². The molecule has 1 fully saturated rings. The Bertz CT molecular complexity index is 488. The number of aliphatic hydroxyl groups excluding tert-OH is 1. The molecule has 1 aliphatic rings. The van der Waals surface area contributed by atoms with Crippen LogP contribution in [-0.4, -0.2) is 41.1 Å². The van der Waals surface area contributed by atoms with Crippen LogP contribution < -0.4 is 5.32 Å². The van der Waals surface area contributed by atoms with E-state index in [0.29, 0.717) is 28.6 Å². The largest absolute Gasteiger partial charge is 0.393 e. The van der Waals surface area contributed by atoms with Gasteiger partial charge in [0.05, 0.1) is 27.9 Å². The Morgan fingerprint density at radius 2 is 2.05 bits per heavy atom. The Labute approximate surface area is 128 Å². The Balaban J connectivity index is 1.99. The van der Waals surface area contributed by atoms with Gasteiger partial charge in [-0.2, -0.15) is 0 Å². The van der Waals surface area contributed by atoms with Gasteiger partial charge in [-0.25, -0.2) is 0 Å². The zero-order chi connectivity index (χ0) is 14.7. The van der Waals surface area contributed by atoms with E-state index in [9.17, 15) is 9.90 Å². The summed E-state index contributed by atoms with van der Waals surface area (Å²) in [5, 5.41) is 13.1. The Kier molecular flexibility index (Phi) is 5.27. The van der Waals surface area contributed by atoms with Crippen LogP contribution in [0, 0.1) is 0 Å². The van der Waals surface area contributed by atoms with Gasteiger partial charge < -0.3 is 10.4 Å². The number of carbonyl (C=O) groups is 1. The van der Waals surface area contributed by atoms with Crippen molar-refractivity contribution in [2.75, 3.05) is 18.4 Å². The van der Waals surface area contributed by atoms with E-state index in [1.54, 1.807) is 18.2 Å². The molecule has 0 aromatic heterocycles. The quantitative estimate of drug-likeness (QED) is 0.901. The molecule has 110 valence electrons. The van der Waals surface area contributed by atoms with Crippen molar-refractivity contribution in [3.05, 3.63) is 28.2 Å². The van der Waals surface area contributed by atoms with Crippen LogP contribution in [0.4, 0.5) is 5.69 Å². The van der Waals surface area contributed by atoms with Gasteiger partial charge in [0, 0.05) is 13.1 Å². The highest BCUT2D eigenvalue weighted by atomic mass is 35.5. The minimum absolute atomic E-state index is 0.120. The third kappa shape index (κ3) is 3.64. The van der Waals surface area contributed by atoms with Crippen molar-refractivity contribution in [2.24, 2.45) is 0 Å². The Hall–Kier alpha value is -0.810. The van der Waals surface area contributed by atoms with Crippen molar-refractivity contribution in [1.82, 2.24) is 4.90 Å². The SMILES string of the molecule is C[C@H](C(=O)Nc1cccc(Cl)c1Cl)N1CCC(O)CC1. The fourth-order valence-corrected chi connectivity index (χ4v) is 2.62. The van der Waals surface area contributed by atoms with E-state index < -0.39 is 0 Å². The van der Waals surface area contributed by atoms with Crippen molar-refractivity contribution < 1.29 is 9.90 Å². The number of likely N-dealkylation sites (tertiary alicyclic amines) is 1. The number of amides is 1. The van der Waals surface area contributed by atoms with Gasteiger partial charge in [-0.05, 0) is 31.9 Å². The summed E-state index contributed by atoms with van der Waals surface area (Å²) in [5.41, 5.74) is 0.521. The van der Waals surface area contributed by atoms with Gasteiger partial charge in [0.15, 0.2) is 0 Å². The summed E-state index contributed by atoms with van der Waals surface area (Å²) in [6.07, 6.45) is 1.16. The molecular formula is C14H18Cl2N2O2. The second-order valence-electron chi connectivity index (χ2n) is 5.03. The predicted molar refractivity (Wildman–Crippen MR) is 81.4 cm³/mol. The topological polar surface area (TPSA) is 52.6 Å². The van der Waals surface area contributed by atoms with Gasteiger partial charge in [-0.1, -0.05) is 29.3 Å². The van der Waals surface area contributed by atoms with Gasteiger partial charge in [-0.15, -0.1) is 0 Å². The lowest BCUT2D eigenvalue weighted by atomic mass is 10.1. The fraction of sp³-hybridized carbons (Fsp3) is 0.500. The molecule has 0 unspecified atom stereocenters. The molecule has 0 saturated carbocycles. The van der Waals surface area contributed by atoms with E-state index in [1.807, 2.05) is 6.92 Å². The molecule has 0 spiro atoms. The van der Waals surface area contributed by atoms with Crippen LogP contribution in [0.1, 0.15) is 19.8 Å². The normalized spacial score (nSPS) is 18.8. The minimum atomic E-state index is -0.266. The molecule has 2 N–H and O–H groups in total. The summed E-state index contributed by atoms with van der Waals surface area (Å²) in [6, 6.07) is 4.87.